The molecular weight excluding hydrogens is 641 g/mol. The number of nitrogens with zero attached hydrogens (tertiary/aromatic N) is 2. The van der Waals surface area contributed by atoms with Gasteiger partial charge in [-0.1, -0.05) is 104 Å². The second kappa shape index (κ2) is 16.1. The van der Waals surface area contributed by atoms with Gasteiger partial charge in [-0.25, -0.2) is 8.42 Å². The summed E-state index contributed by atoms with van der Waals surface area (Å²) in [6, 6.07) is 28.3. The van der Waals surface area contributed by atoms with E-state index in [0.29, 0.717) is 27.7 Å². The third-order valence-electron chi connectivity index (χ3n) is 7.90. The van der Waals surface area contributed by atoms with Crippen molar-refractivity contribution in [1.82, 2.24) is 10.2 Å². The van der Waals surface area contributed by atoms with Crippen LogP contribution in [0.2, 0.25) is 10.0 Å². The van der Waals surface area contributed by atoms with Crippen molar-refractivity contribution >= 4 is 50.7 Å². The minimum atomic E-state index is -4.19. The number of benzene rings is 4. The Morgan fingerprint density at radius 1 is 0.783 bits per heavy atom. The van der Waals surface area contributed by atoms with E-state index in [-0.39, 0.29) is 29.8 Å². The summed E-state index contributed by atoms with van der Waals surface area (Å²) in [5, 5.41) is 3.68. The zero-order valence-corrected chi connectivity index (χ0v) is 28.5. The van der Waals surface area contributed by atoms with Gasteiger partial charge in [-0.15, -0.1) is 0 Å². The molecule has 0 unspecified atom stereocenters. The first-order valence-electron chi connectivity index (χ1n) is 15.3. The molecule has 2 amide bonds. The van der Waals surface area contributed by atoms with Crippen LogP contribution in [0.4, 0.5) is 5.69 Å². The van der Waals surface area contributed by atoms with Crippen molar-refractivity contribution in [3.8, 4) is 0 Å². The first-order chi connectivity index (χ1) is 22.0. The Kier molecular flexibility index (Phi) is 12.3. The van der Waals surface area contributed by atoms with Gasteiger partial charge in [0.1, 0.15) is 12.6 Å². The molecule has 46 heavy (non-hydrogen) atoms. The van der Waals surface area contributed by atoms with Crippen molar-refractivity contribution < 1.29 is 18.0 Å². The highest BCUT2D eigenvalue weighted by molar-refractivity contribution is 7.92. The largest absolute Gasteiger partial charge is 0.352 e. The molecule has 2 atom stereocenters. The number of amides is 2. The molecule has 0 spiro atoms. The Bertz CT molecular complexity index is 1700. The Hall–Kier alpha value is -3.85. The van der Waals surface area contributed by atoms with Gasteiger partial charge in [-0.05, 0) is 67.3 Å². The van der Waals surface area contributed by atoms with Crippen molar-refractivity contribution in [3.63, 3.8) is 0 Å². The molecule has 0 radical (unpaired) electrons. The van der Waals surface area contributed by atoms with Crippen LogP contribution in [0.1, 0.15) is 43.9 Å². The van der Waals surface area contributed by atoms with Crippen molar-refractivity contribution in [2.24, 2.45) is 0 Å². The predicted octanol–water partition coefficient (Wildman–Crippen LogP) is 7.31. The van der Waals surface area contributed by atoms with Gasteiger partial charge >= 0.3 is 0 Å². The van der Waals surface area contributed by atoms with Gasteiger partial charge in [0.2, 0.25) is 11.8 Å². The summed E-state index contributed by atoms with van der Waals surface area (Å²) in [6.07, 6.45) is 1.64. The molecule has 0 heterocycles. The molecule has 0 aliphatic carbocycles. The lowest BCUT2D eigenvalue weighted by molar-refractivity contribution is -0.140. The minimum absolute atomic E-state index is 0.0402. The maximum Gasteiger partial charge on any atom is 0.264 e. The van der Waals surface area contributed by atoms with Crippen LogP contribution >= 0.6 is 23.2 Å². The number of halogens is 2. The van der Waals surface area contributed by atoms with Crippen molar-refractivity contribution in [2.75, 3.05) is 10.8 Å². The topological polar surface area (TPSA) is 86.8 Å². The predicted molar refractivity (Wildman–Crippen MR) is 186 cm³/mol. The summed E-state index contributed by atoms with van der Waals surface area (Å²) in [7, 11) is -4.19. The fourth-order valence-corrected chi connectivity index (χ4v) is 6.95. The van der Waals surface area contributed by atoms with Gasteiger partial charge in [0.25, 0.3) is 10.0 Å². The number of hydrogen-bond donors (Lipinski definition) is 1. The standard InChI is InChI=1S/C36H39Cl2N3O4S/c1-4-26(3)39-36(43)34(23-28-13-8-6-9-14-28)40(24-31-32(37)17-12-18-33(31)38)35(42)25-41(29-21-19-27(5-2)20-22-29)46(44,45)30-15-10-7-11-16-30/h6-22,26,34H,4-5,23-25H2,1-3H3,(H,39,43)/t26-,34+/m0/s1. The lowest BCUT2D eigenvalue weighted by Gasteiger charge is -2.34. The number of aryl methyl sites for hydroxylation is 1. The van der Waals surface area contributed by atoms with Crippen LogP contribution < -0.4 is 9.62 Å². The highest BCUT2D eigenvalue weighted by atomic mass is 35.5. The SMILES string of the molecule is CCc1ccc(N(CC(=O)N(Cc2c(Cl)cccc2Cl)[C@H](Cc2ccccc2)C(=O)N[C@@H](C)CC)S(=O)(=O)c2ccccc2)cc1. The third-order valence-corrected chi connectivity index (χ3v) is 10.4. The first-order valence-corrected chi connectivity index (χ1v) is 17.5. The van der Waals surface area contributed by atoms with Gasteiger partial charge in [-0.3, -0.25) is 13.9 Å². The van der Waals surface area contributed by atoms with Crippen molar-refractivity contribution in [3.05, 3.63) is 130 Å². The fourth-order valence-electron chi connectivity index (χ4n) is 5.00. The maximum atomic E-state index is 14.6. The van der Waals surface area contributed by atoms with E-state index >= 15 is 0 Å². The first kappa shape index (κ1) is 35.0. The molecule has 7 nitrogen and oxygen atoms in total. The van der Waals surface area contributed by atoms with E-state index in [4.69, 9.17) is 23.2 Å². The zero-order chi connectivity index (χ0) is 33.3. The number of hydrogen-bond acceptors (Lipinski definition) is 4. The van der Waals surface area contributed by atoms with Crippen LogP contribution in [0.3, 0.4) is 0 Å². The quantitative estimate of drug-likeness (QED) is 0.151. The summed E-state index contributed by atoms with van der Waals surface area (Å²) in [6.45, 7) is 5.18. The number of carbonyl (C=O) groups is 2. The molecular formula is C36H39Cl2N3O4S. The smallest absolute Gasteiger partial charge is 0.264 e. The van der Waals surface area contributed by atoms with Crippen LogP contribution in [0.5, 0.6) is 0 Å². The lowest BCUT2D eigenvalue weighted by atomic mass is 10.0. The van der Waals surface area contributed by atoms with Crippen LogP contribution in [0.15, 0.2) is 108 Å². The van der Waals surface area contributed by atoms with E-state index in [0.717, 1.165) is 21.9 Å². The van der Waals surface area contributed by atoms with Crippen molar-refractivity contribution in [2.45, 2.75) is 63.6 Å². The molecule has 10 heteroatoms. The van der Waals surface area contributed by atoms with E-state index in [1.165, 1.54) is 17.0 Å². The second-order valence-electron chi connectivity index (χ2n) is 11.1. The number of carbonyl (C=O) groups excluding carboxylic acids is 2. The highest BCUT2D eigenvalue weighted by Crippen LogP contribution is 2.29. The minimum Gasteiger partial charge on any atom is -0.352 e. The molecule has 0 aromatic heterocycles. The molecule has 242 valence electrons. The van der Waals surface area contributed by atoms with E-state index in [1.807, 2.05) is 63.2 Å². The molecule has 0 saturated carbocycles. The second-order valence-corrected chi connectivity index (χ2v) is 13.8. The number of rotatable bonds is 14. The average molecular weight is 681 g/mol. The Balaban J connectivity index is 1.83. The number of sulfonamides is 1. The van der Waals surface area contributed by atoms with Gasteiger partial charge in [0, 0.05) is 34.6 Å². The molecule has 0 fully saturated rings. The molecule has 1 N–H and O–H groups in total. The van der Waals surface area contributed by atoms with E-state index < -0.39 is 28.5 Å². The molecule has 0 aliphatic heterocycles. The van der Waals surface area contributed by atoms with Gasteiger partial charge in [-0.2, -0.15) is 0 Å². The molecule has 0 bridgehead atoms. The number of nitrogens with one attached hydrogen (secondary N) is 1. The van der Waals surface area contributed by atoms with Crippen LogP contribution in [-0.2, 0) is 39.0 Å². The molecule has 0 saturated heterocycles. The zero-order valence-electron chi connectivity index (χ0n) is 26.2. The Morgan fingerprint density at radius 3 is 1.93 bits per heavy atom. The summed E-state index contributed by atoms with van der Waals surface area (Å²) in [4.78, 5) is 30.0. The van der Waals surface area contributed by atoms with Gasteiger partial charge in [0.15, 0.2) is 0 Å². The maximum absolute atomic E-state index is 14.6. The Labute approximate surface area is 282 Å². The third kappa shape index (κ3) is 8.69. The van der Waals surface area contributed by atoms with E-state index in [1.54, 1.807) is 48.5 Å². The normalized spacial score (nSPS) is 12.6. The Morgan fingerprint density at radius 2 is 1.37 bits per heavy atom. The summed E-state index contributed by atoms with van der Waals surface area (Å²) in [5.41, 5.74) is 2.64. The summed E-state index contributed by atoms with van der Waals surface area (Å²) >= 11 is 13.2. The summed E-state index contributed by atoms with van der Waals surface area (Å²) in [5.74, 6) is -0.949. The average Bonchev–Trinajstić information content (AvgIpc) is 3.07. The van der Waals surface area contributed by atoms with Gasteiger partial charge in [0.05, 0.1) is 10.6 Å². The highest BCUT2D eigenvalue weighted by Gasteiger charge is 2.35. The molecule has 0 aliphatic rings. The lowest BCUT2D eigenvalue weighted by Crippen LogP contribution is -2.54. The van der Waals surface area contributed by atoms with Crippen LogP contribution in [-0.4, -0.2) is 43.8 Å². The summed E-state index contributed by atoms with van der Waals surface area (Å²) < 4.78 is 29.3. The monoisotopic (exact) mass is 679 g/mol. The van der Waals surface area contributed by atoms with Crippen molar-refractivity contribution in [1.29, 1.82) is 0 Å². The molecule has 4 aromatic carbocycles. The van der Waals surface area contributed by atoms with Crippen LogP contribution in [0, 0.1) is 0 Å². The van der Waals surface area contributed by atoms with E-state index in [9.17, 15) is 18.0 Å². The molecule has 4 aromatic rings. The fraction of sp³-hybridized carbons (Fsp3) is 0.278. The van der Waals surface area contributed by atoms with E-state index in [2.05, 4.69) is 5.32 Å². The molecule has 4 rings (SSSR count). The van der Waals surface area contributed by atoms with Crippen LogP contribution in [0.25, 0.3) is 0 Å². The number of anilines is 1. The van der Waals surface area contributed by atoms with Gasteiger partial charge < -0.3 is 10.2 Å².